The van der Waals surface area contributed by atoms with E-state index in [9.17, 15) is 14.4 Å². The van der Waals surface area contributed by atoms with Crippen molar-refractivity contribution in [1.82, 2.24) is 5.32 Å². The van der Waals surface area contributed by atoms with Gasteiger partial charge in [-0.25, -0.2) is 9.59 Å². The number of amides is 1. The van der Waals surface area contributed by atoms with E-state index in [1.54, 1.807) is 24.3 Å². The van der Waals surface area contributed by atoms with E-state index in [0.717, 1.165) is 36.8 Å². The van der Waals surface area contributed by atoms with Crippen molar-refractivity contribution < 1.29 is 29.2 Å². The molecule has 0 aliphatic heterocycles. The average Bonchev–Trinajstić information content (AvgIpc) is 2.96. The number of ketones is 1. The van der Waals surface area contributed by atoms with Gasteiger partial charge in [0.15, 0.2) is 12.1 Å². The van der Waals surface area contributed by atoms with Crippen LogP contribution in [0.15, 0.2) is 84.5 Å². The monoisotopic (exact) mass is 519 g/mol. The molecular formula is C31H39N2O5+. The number of carbonyl (C=O) groups excluding carboxylic acids is 3. The Bertz CT molecular complexity index is 1090. The molecule has 0 radical (unpaired) electrons. The van der Waals surface area contributed by atoms with Gasteiger partial charge in [0.1, 0.15) is 19.7 Å². The van der Waals surface area contributed by atoms with Crippen molar-refractivity contribution in [2.75, 3.05) is 13.1 Å². The Labute approximate surface area is 225 Å². The predicted octanol–water partition coefficient (Wildman–Crippen LogP) is 4.41. The summed E-state index contributed by atoms with van der Waals surface area (Å²) in [6.07, 6.45) is 8.26. The zero-order chi connectivity index (χ0) is 27.2. The van der Waals surface area contributed by atoms with Gasteiger partial charge in [0, 0.05) is 11.5 Å². The quantitative estimate of drug-likeness (QED) is 0.360. The molecule has 7 heteroatoms. The van der Waals surface area contributed by atoms with Crippen LogP contribution in [0.2, 0.25) is 0 Å². The van der Waals surface area contributed by atoms with E-state index < -0.39 is 24.2 Å². The second-order valence-electron chi connectivity index (χ2n) is 9.39. The Morgan fingerprint density at radius 1 is 0.947 bits per heavy atom. The van der Waals surface area contributed by atoms with Crippen LogP contribution >= 0.6 is 0 Å². The van der Waals surface area contributed by atoms with Crippen molar-refractivity contribution in [2.45, 2.75) is 58.3 Å². The van der Waals surface area contributed by atoms with E-state index in [-0.39, 0.29) is 24.9 Å². The van der Waals surface area contributed by atoms with Crippen LogP contribution in [-0.2, 0) is 25.7 Å². The predicted molar refractivity (Wildman–Crippen MR) is 146 cm³/mol. The first-order chi connectivity index (χ1) is 18.5. The third-order valence-electron chi connectivity index (χ3n) is 6.73. The molecule has 0 fully saturated rings. The largest absolute Gasteiger partial charge is 0.454 e. The summed E-state index contributed by atoms with van der Waals surface area (Å²) in [6, 6.07) is 17.3. The molecule has 1 aliphatic rings. The molecule has 3 N–H and O–H groups in total. The number of rotatable bonds is 14. The van der Waals surface area contributed by atoms with Gasteiger partial charge >= 0.3 is 12.1 Å². The Morgan fingerprint density at radius 2 is 1.63 bits per heavy atom. The van der Waals surface area contributed by atoms with Crippen molar-refractivity contribution in [3.63, 3.8) is 0 Å². The van der Waals surface area contributed by atoms with Gasteiger partial charge in [-0.15, -0.1) is 0 Å². The van der Waals surface area contributed by atoms with Gasteiger partial charge in [-0.1, -0.05) is 92.7 Å². The Kier molecular flexibility index (Phi) is 11.8. The summed E-state index contributed by atoms with van der Waals surface area (Å²) in [5, 5.41) is 4.59. The van der Waals surface area contributed by atoms with Crippen LogP contribution in [-0.4, -0.2) is 37.0 Å². The zero-order valence-electron chi connectivity index (χ0n) is 22.3. The molecule has 2 aromatic rings. The Hall–Kier alpha value is -3.71. The fraction of sp³-hybridized carbons (Fsp3) is 0.387. The molecule has 2 aromatic carbocycles. The van der Waals surface area contributed by atoms with Crippen LogP contribution in [0.3, 0.4) is 0 Å². The summed E-state index contributed by atoms with van der Waals surface area (Å²) in [5.74, 6) is -0.358. The van der Waals surface area contributed by atoms with Gasteiger partial charge in [-0.05, 0) is 36.8 Å². The second-order valence-corrected chi connectivity index (χ2v) is 9.39. The molecule has 202 valence electrons. The first-order valence-corrected chi connectivity index (χ1v) is 13.5. The van der Waals surface area contributed by atoms with Gasteiger partial charge in [0.05, 0.1) is 0 Å². The lowest BCUT2D eigenvalue weighted by Crippen LogP contribution is -2.88. The summed E-state index contributed by atoms with van der Waals surface area (Å²) in [4.78, 5) is 38.7. The molecule has 3 rings (SSSR count). The number of benzene rings is 2. The van der Waals surface area contributed by atoms with E-state index in [2.05, 4.69) is 19.2 Å². The average molecular weight is 520 g/mol. The zero-order valence-corrected chi connectivity index (χ0v) is 22.3. The number of Topliss-reactive ketones (excluding diaryl/α,β-unsaturated/α-hetero) is 1. The number of nitrogens with one attached hydrogen (secondary N) is 1. The van der Waals surface area contributed by atoms with E-state index in [1.165, 1.54) is 0 Å². The highest BCUT2D eigenvalue weighted by molar-refractivity contribution is 5.98. The molecule has 0 heterocycles. The molecule has 0 unspecified atom stereocenters. The van der Waals surface area contributed by atoms with Crippen LogP contribution in [0.5, 0.6) is 0 Å². The van der Waals surface area contributed by atoms with Crippen molar-refractivity contribution in [3.8, 4) is 0 Å². The molecule has 0 saturated carbocycles. The van der Waals surface area contributed by atoms with Crippen molar-refractivity contribution in [3.05, 3.63) is 95.6 Å². The second kappa shape index (κ2) is 15.5. The Morgan fingerprint density at radius 3 is 2.26 bits per heavy atom. The number of ether oxygens (including phenoxy) is 2. The summed E-state index contributed by atoms with van der Waals surface area (Å²) >= 11 is 0. The molecule has 7 nitrogen and oxygen atoms in total. The SMILES string of the molecule is CCC(CC)[C@H](C[NH2+]CC(=O)C1=CCCC=C1)OC(=O)[C@H](NC(=O)OCc1ccccc1)c1ccccc1. The molecule has 2 atom stereocenters. The number of esters is 1. The topological polar surface area (TPSA) is 98.3 Å². The minimum Gasteiger partial charge on any atom is -0.454 e. The minimum absolute atomic E-state index is 0.0700. The van der Waals surface area contributed by atoms with Crippen LogP contribution in [0, 0.1) is 5.92 Å². The smallest absolute Gasteiger partial charge is 0.408 e. The Balaban J connectivity index is 1.65. The highest BCUT2D eigenvalue weighted by Crippen LogP contribution is 2.21. The number of nitrogens with two attached hydrogens (primary N) is 1. The van der Waals surface area contributed by atoms with E-state index >= 15 is 0 Å². The van der Waals surface area contributed by atoms with Crippen LogP contribution in [0.4, 0.5) is 4.79 Å². The molecule has 0 spiro atoms. The van der Waals surface area contributed by atoms with Crippen molar-refractivity contribution in [1.29, 1.82) is 0 Å². The number of carbonyl (C=O) groups is 3. The summed E-state index contributed by atoms with van der Waals surface area (Å²) in [5.41, 5.74) is 2.19. The van der Waals surface area contributed by atoms with Crippen LogP contribution in [0.25, 0.3) is 0 Å². The van der Waals surface area contributed by atoms with Crippen LogP contribution in [0.1, 0.15) is 56.7 Å². The number of hydrogen-bond acceptors (Lipinski definition) is 5. The standard InChI is InChI=1S/C31H38N2O5/c1-3-24(4-2)28(21-32-20-27(34)25-16-10-6-11-17-25)38-30(35)29(26-18-12-7-13-19-26)33-31(36)37-22-23-14-8-5-9-15-23/h5,7-10,12-19,24,28-29,32H,3-4,6,11,20-22H2,1-2H3,(H,33,36)/p+1/t28-,29+/m0/s1. The molecule has 38 heavy (non-hydrogen) atoms. The van der Waals surface area contributed by atoms with Crippen molar-refractivity contribution in [2.24, 2.45) is 5.92 Å². The van der Waals surface area contributed by atoms with Gasteiger partial charge in [-0.2, -0.15) is 0 Å². The summed E-state index contributed by atoms with van der Waals surface area (Å²) in [6.45, 7) is 4.96. The highest BCUT2D eigenvalue weighted by Gasteiger charge is 2.31. The maximum absolute atomic E-state index is 13.5. The third kappa shape index (κ3) is 8.99. The van der Waals surface area contributed by atoms with Gasteiger partial charge in [-0.3, -0.25) is 4.79 Å². The lowest BCUT2D eigenvalue weighted by Gasteiger charge is -2.26. The minimum atomic E-state index is -1.02. The first kappa shape index (κ1) is 28.9. The molecule has 0 aromatic heterocycles. The number of allylic oxidation sites excluding steroid dienone is 3. The number of hydrogen-bond donors (Lipinski definition) is 2. The van der Waals surface area contributed by atoms with Gasteiger partial charge < -0.3 is 20.1 Å². The van der Waals surface area contributed by atoms with E-state index in [4.69, 9.17) is 9.47 Å². The number of alkyl carbamates (subject to hydrolysis) is 1. The van der Waals surface area contributed by atoms with Gasteiger partial charge in [0.25, 0.3) is 0 Å². The molecule has 0 bridgehead atoms. The lowest BCUT2D eigenvalue weighted by atomic mass is 9.96. The fourth-order valence-electron chi connectivity index (χ4n) is 4.49. The lowest BCUT2D eigenvalue weighted by molar-refractivity contribution is -0.650. The third-order valence-corrected chi connectivity index (χ3v) is 6.73. The summed E-state index contributed by atoms with van der Waals surface area (Å²) in [7, 11) is 0. The van der Waals surface area contributed by atoms with Crippen molar-refractivity contribution >= 4 is 17.8 Å². The molecular weight excluding hydrogens is 480 g/mol. The highest BCUT2D eigenvalue weighted by atomic mass is 16.6. The number of quaternary nitrogens is 1. The van der Waals surface area contributed by atoms with E-state index in [0.29, 0.717) is 12.1 Å². The summed E-state index contributed by atoms with van der Waals surface area (Å²) < 4.78 is 11.4. The fourth-order valence-corrected chi connectivity index (χ4v) is 4.49. The molecule has 0 saturated heterocycles. The van der Waals surface area contributed by atoms with Crippen LogP contribution < -0.4 is 10.6 Å². The van der Waals surface area contributed by atoms with E-state index in [1.807, 2.05) is 59.9 Å². The normalized spacial score (nSPS) is 14.3. The first-order valence-electron chi connectivity index (χ1n) is 13.5. The molecule has 1 aliphatic carbocycles. The molecule has 1 amide bonds. The van der Waals surface area contributed by atoms with Gasteiger partial charge in [0.2, 0.25) is 5.78 Å². The maximum Gasteiger partial charge on any atom is 0.408 e. The maximum atomic E-state index is 13.5.